The highest BCUT2D eigenvalue weighted by molar-refractivity contribution is 5.80. The van der Waals surface area contributed by atoms with E-state index in [0.717, 1.165) is 25.9 Å². The van der Waals surface area contributed by atoms with Gasteiger partial charge in [0.05, 0.1) is 19.1 Å². The topological polar surface area (TPSA) is 53.6 Å². The van der Waals surface area contributed by atoms with Crippen molar-refractivity contribution in [3.8, 4) is 0 Å². The summed E-state index contributed by atoms with van der Waals surface area (Å²) < 4.78 is 5.53. The quantitative estimate of drug-likeness (QED) is 0.786. The van der Waals surface area contributed by atoms with Gasteiger partial charge in [0.1, 0.15) is 0 Å². The van der Waals surface area contributed by atoms with Crippen molar-refractivity contribution in [2.45, 2.75) is 57.2 Å². The molecule has 0 saturated carbocycles. The fraction of sp³-hybridized carbons (Fsp3) is 0.938. The van der Waals surface area contributed by atoms with Crippen molar-refractivity contribution in [2.75, 3.05) is 32.8 Å². The van der Waals surface area contributed by atoms with E-state index in [1.165, 1.54) is 25.8 Å². The number of nitrogens with zero attached hydrogens (tertiary/aromatic N) is 1. The van der Waals surface area contributed by atoms with Gasteiger partial charge in [-0.15, -0.1) is 0 Å². The van der Waals surface area contributed by atoms with Crippen LogP contribution >= 0.6 is 0 Å². The molecule has 3 fully saturated rings. The van der Waals surface area contributed by atoms with Crippen LogP contribution in [0.5, 0.6) is 0 Å². The summed E-state index contributed by atoms with van der Waals surface area (Å²) in [7, 11) is 0. The van der Waals surface area contributed by atoms with E-state index in [4.69, 9.17) is 4.74 Å². The zero-order valence-electron chi connectivity index (χ0n) is 13.1. The molecule has 2 N–H and O–H groups in total. The van der Waals surface area contributed by atoms with Gasteiger partial charge >= 0.3 is 0 Å². The van der Waals surface area contributed by atoms with Crippen LogP contribution in [0.3, 0.4) is 0 Å². The normalized spacial score (nSPS) is 36.6. The molecule has 3 rings (SSSR count). The Labute approximate surface area is 127 Å². The van der Waals surface area contributed by atoms with Gasteiger partial charge in [-0.2, -0.15) is 0 Å². The summed E-state index contributed by atoms with van der Waals surface area (Å²) in [5, 5.41) is 6.77. The molecule has 0 radical (unpaired) electrons. The molecule has 120 valence electrons. The smallest absolute Gasteiger partial charge is 0.227 e. The minimum absolute atomic E-state index is 0.0193. The second kappa shape index (κ2) is 7.07. The monoisotopic (exact) mass is 295 g/mol. The van der Waals surface area contributed by atoms with Crippen LogP contribution in [0.4, 0.5) is 0 Å². The molecule has 0 aromatic rings. The predicted octanol–water partition coefficient (Wildman–Crippen LogP) is 0.744. The van der Waals surface area contributed by atoms with Crippen molar-refractivity contribution in [1.82, 2.24) is 15.5 Å². The third-order valence-corrected chi connectivity index (χ3v) is 5.26. The summed E-state index contributed by atoms with van der Waals surface area (Å²) in [5.74, 6) is 0.174. The number of carbonyl (C=O) groups excluding carboxylic acids is 1. The Hall–Kier alpha value is -0.650. The fourth-order valence-corrected chi connectivity index (χ4v) is 4.05. The number of hydrogen-bond donors (Lipinski definition) is 2. The zero-order chi connectivity index (χ0) is 14.7. The largest absolute Gasteiger partial charge is 0.379 e. The molecular formula is C16H29N3O2. The van der Waals surface area contributed by atoms with Crippen LogP contribution in [0.25, 0.3) is 0 Å². The number of hydrogen-bond acceptors (Lipinski definition) is 4. The second-order valence-corrected chi connectivity index (χ2v) is 6.71. The molecule has 4 atom stereocenters. The Bertz CT molecular complexity index is 363. The van der Waals surface area contributed by atoms with Gasteiger partial charge in [-0.3, -0.25) is 9.69 Å². The second-order valence-electron chi connectivity index (χ2n) is 6.71. The number of rotatable bonds is 5. The van der Waals surface area contributed by atoms with Gasteiger partial charge in [0.25, 0.3) is 0 Å². The molecule has 0 spiro atoms. The summed E-state index contributed by atoms with van der Waals surface area (Å²) in [6.07, 6.45) is 6.06. The molecule has 4 unspecified atom stereocenters. The van der Waals surface area contributed by atoms with Crippen LogP contribution < -0.4 is 10.6 Å². The Morgan fingerprint density at radius 2 is 2.10 bits per heavy atom. The fourth-order valence-electron chi connectivity index (χ4n) is 4.05. The first kappa shape index (κ1) is 15.3. The molecule has 3 heterocycles. The SMILES string of the molecule is CCCNC1COCC1C(=O)NC1CCN2CCCCC12. The molecule has 0 aromatic heterocycles. The van der Waals surface area contributed by atoms with Crippen LogP contribution in [0, 0.1) is 5.92 Å². The van der Waals surface area contributed by atoms with Crippen molar-refractivity contribution in [3.63, 3.8) is 0 Å². The summed E-state index contributed by atoms with van der Waals surface area (Å²) in [6.45, 7) is 6.69. The van der Waals surface area contributed by atoms with Crippen molar-refractivity contribution in [3.05, 3.63) is 0 Å². The lowest BCUT2D eigenvalue weighted by Gasteiger charge is -2.33. The Balaban J connectivity index is 1.53. The van der Waals surface area contributed by atoms with Crippen LogP contribution in [-0.2, 0) is 9.53 Å². The highest BCUT2D eigenvalue weighted by Crippen LogP contribution is 2.27. The summed E-state index contributed by atoms with van der Waals surface area (Å²) >= 11 is 0. The predicted molar refractivity (Wildman–Crippen MR) is 82.2 cm³/mol. The first-order valence-electron chi connectivity index (χ1n) is 8.65. The van der Waals surface area contributed by atoms with E-state index in [1.54, 1.807) is 0 Å². The number of carbonyl (C=O) groups is 1. The van der Waals surface area contributed by atoms with Gasteiger partial charge in [-0.1, -0.05) is 13.3 Å². The molecule has 1 amide bonds. The number of nitrogens with one attached hydrogen (secondary N) is 2. The van der Waals surface area contributed by atoms with E-state index >= 15 is 0 Å². The van der Waals surface area contributed by atoms with Crippen molar-refractivity contribution in [1.29, 1.82) is 0 Å². The average molecular weight is 295 g/mol. The van der Waals surface area contributed by atoms with Gasteiger partial charge in [0.15, 0.2) is 0 Å². The Morgan fingerprint density at radius 1 is 1.19 bits per heavy atom. The number of ether oxygens (including phenoxy) is 1. The van der Waals surface area contributed by atoms with Crippen LogP contribution in [0.2, 0.25) is 0 Å². The van der Waals surface area contributed by atoms with Gasteiger partial charge < -0.3 is 15.4 Å². The third kappa shape index (κ3) is 3.41. The summed E-state index contributed by atoms with van der Waals surface area (Å²) in [5.41, 5.74) is 0. The molecule has 0 aromatic carbocycles. The van der Waals surface area contributed by atoms with E-state index in [-0.39, 0.29) is 17.9 Å². The molecule has 21 heavy (non-hydrogen) atoms. The lowest BCUT2D eigenvalue weighted by molar-refractivity contribution is -0.126. The average Bonchev–Trinajstić information content (AvgIpc) is 3.12. The first-order chi connectivity index (χ1) is 10.3. The van der Waals surface area contributed by atoms with Crippen LogP contribution in [0.15, 0.2) is 0 Å². The summed E-state index contributed by atoms with van der Waals surface area (Å²) in [6, 6.07) is 1.12. The van der Waals surface area contributed by atoms with E-state index < -0.39 is 0 Å². The van der Waals surface area contributed by atoms with Crippen molar-refractivity contribution in [2.24, 2.45) is 5.92 Å². The zero-order valence-corrected chi connectivity index (χ0v) is 13.1. The lowest BCUT2D eigenvalue weighted by atomic mass is 9.97. The Kier molecular flexibility index (Phi) is 5.14. The minimum Gasteiger partial charge on any atom is -0.379 e. The third-order valence-electron chi connectivity index (χ3n) is 5.26. The van der Waals surface area contributed by atoms with E-state index in [2.05, 4.69) is 22.5 Å². The molecule has 0 bridgehead atoms. The molecule has 5 heteroatoms. The number of fused-ring (bicyclic) bond motifs is 1. The van der Waals surface area contributed by atoms with Crippen LogP contribution in [0.1, 0.15) is 39.0 Å². The van der Waals surface area contributed by atoms with Crippen molar-refractivity contribution >= 4 is 5.91 Å². The standard InChI is InChI=1S/C16H29N3O2/c1-2-7-17-14-11-21-10-12(14)16(20)18-13-6-9-19-8-4-3-5-15(13)19/h12-15,17H,2-11H2,1H3,(H,18,20). The van der Waals surface area contributed by atoms with E-state index in [9.17, 15) is 4.79 Å². The minimum atomic E-state index is -0.0193. The highest BCUT2D eigenvalue weighted by atomic mass is 16.5. The molecule has 3 aliphatic heterocycles. The molecule has 5 nitrogen and oxygen atoms in total. The number of amides is 1. The Morgan fingerprint density at radius 3 is 2.95 bits per heavy atom. The molecule has 3 aliphatic rings. The maximum absolute atomic E-state index is 12.6. The van der Waals surface area contributed by atoms with Gasteiger partial charge in [-0.25, -0.2) is 0 Å². The van der Waals surface area contributed by atoms with Crippen molar-refractivity contribution < 1.29 is 9.53 Å². The maximum Gasteiger partial charge on any atom is 0.227 e. The molecule has 0 aliphatic carbocycles. The van der Waals surface area contributed by atoms with E-state index in [0.29, 0.717) is 25.3 Å². The van der Waals surface area contributed by atoms with E-state index in [1.807, 2.05) is 0 Å². The molecule has 3 saturated heterocycles. The lowest BCUT2D eigenvalue weighted by Crippen LogP contribution is -2.51. The van der Waals surface area contributed by atoms with Gasteiger partial charge in [0, 0.05) is 24.7 Å². The molecular weight excluding hydrogens is 266 g/mol. The number of piperidine rings is 1. The van der Waals surface area contributed by atoms with Gasteiger partial charge in [0.2, 0.25) is 5.91 Å². The van der Waals surface area contributed by atoms with Crippen LogP contribution in [-0.4, -0.2) is 61.8 Å². The van der Waals surface area contributed by atoms with Gasteiger partial charge in [-0.05, 0) is 38.8 Å². The summed E-state index contributed by atoms with van der Waals surface area (Å²) in [4.78, 5) is 15.2. The maximum atomic E-state index is 12.6. The highest BCUT2D eigenvalue weighted by Gasteiger charge is 2.39. The first-order valence-corrected chi connectivity index (χ1v) is 8.65.